The summed E-state index contributed by atoms with van der Waals surface area (Å²) in [5.41, 5.74) is 5.92. The zero-order valence-corrected chi connectivity index (χ0v) is 12.0. The van der Waals surface area contributed by atoms with Crippen LogP contribution in [-0.2, 0) is 4.74 Å². The minimum Gasteiger partial charge on any atom is -0.398 e. The van der Waals surface area contributed by atoms with Crippen LogP contribution in [0.2, 0.25) is 0 Å². The van der Waals surface area contributed by atoms with Gasteiger partial charge in [-0.1, -0.05) is 32.0 Å². The SMILES string of the molecule is COC(c1noc(-c2c(N)cccc2F)n1)C(C)(C)C. The number of hydrogen-bond donors (Lipinski definition) is 1. The normalized spacial score (nSPS) is 13.4. The van der Waals surface area contributed by atoms with Gasteiger partial charge in [0.2, 0.25) is 5.82 Å². The van der Waals surface area contributed by atoms with Crippen LogP contribution in [0.4, 0.5) is 10.1 Å². The lowest BCUT2D eigenvalue weighted by Gasteiger charge is -2.26. The lowest BCUT2D eigenvalue weighted by atomic mass is 9.88. The first-order valence-corrected chi connectivity index (χ1v) is 6.25. The Hall–Kier alpha value is -1.95. The van der Waals surface area contributed by atoms with Crippen molar-refractivity contribution in [3.05, 3.63) is 29.8 Å². The Morgan fingerprint density at radius 3 is 2.60 bits per heavy atom. The molecule has 1 aromatic heterocycles. The fourth-order valence-corrected chi connectivity index (χ4v) is 2.06. The number of halogens is 1. The lowest BCUT2D eigenvalue weighted by molar-refractivity contribution is 0.00718. The van der Waals surface area contributed by atoms with Crippen molar-refractivity contribution in [2.24, 2.45) is 5.41 Å². The van der Waals surface area contributed by atoms with Gasteiger partial charge in [-0.05, 0) is 17.5 Å². The molecule has 2 rings (SSSR count). The van der Waals surface area contributed by atoms with Gasteiger partial charge in [0.05, 0.1) is 5.56 Å². The molecule has 108 valence electrons. The zero-order chi connectivity index (χ0) is 14.9. The molecule has 0 aliphatic carbocycles. The number of benzene rings is 1. The number of rotatable bonds is 3. The van der Waals surface area contributed by atoms with Crippen molar-refractivity contribution in [3.8, 4) is 11.5 Å². The molecule has 20 heavy (non-hydrogen) atoms. The molecule has 0 spiro atoms. The second kappa shape index (κ2) is 5.20. The van der Waals surface area contributed by atoms with E-state index in [0.29, 0.717) is 5.82 Å². The van der Waals surface area contributed by atoms with Crippen LogP contribution in [0.5, 0.6) is 0 Å². The van der Waals surface area contributed by atoms with Crippen LogP contribution in [0.1, 0.15) is 32.7 Å². The largest absolute Gasteiger partial charge is 0.398 e. The van der Waals surface area contributed by atoms with Crippen LogP contribution in [0, 0.1) is 11.2 Å². The molecule has 6 heteroatoms. The summed E-state index contributed by atoms with van der Waals surface area (Å²) in [5, 5.41) is 3.88. The number of methoxy groups -OCH3 is 1. The molecule has 0 saturated carbocycles. The summed E-state index contributed by atoms with van der Waals surface area (Å²) in [7, 11) is 1.57. The number of nitrogens with two attached hydrogens (primary N) is 1. The maximum absolute atomic E-state index is 13.8. The number of nitrogen functional groups attached to an aromatic ring is 1. The van der Waals surface area contributed by atoms with E-state index < -0.39 is 5.82 Å². The molecule has 5 nitrogen and oxygen atoms in total. The molecule has 0 aliphatic rings. The molecule has 1 atom stereocenters. The molecule has 0 bridgehead atoms. The van der Waals surface area contributed by atoms with Gasteiger partial charge in [-0.25, -0.2) is 4.39 Å². The van der Waals surface area contributed by atoms with E-state index in [1.54, 1.807) is 13.2 Å². The third-order valence-corrected chi connectivity index (χ3v) is 2.96. The molecule has 0 aliphatic heterocycles. The molecular weight excluding hydrogens is 261 g/mol. The Kier molecular flexibility index (Phi) is 3.76. The lowest BCUT2D eigenvalue weighted by Crippen LogP contribution is -2.21. The first-order chi connectivity index (χ1) is 9.34. The predicted octanol–water partition coefficient (Wildman–Crippen LogP) is 3.19. The van der Waals surface area contributed by atoms with Crippen molar-refractivity contribution < 1.29 is 13.7 Å². The Labute approximate surface area is 116 Å². The quantitative estimate of drug-likeness (QED) is 0.873. The molecule has 0 saturated heterocycles. The molecule has 1 unspecified atom stereocenters. The average molecular weight is 279 g/mol. The Balaban J connectivity index is 2.43. The van der Waals surface area contributed by atoms with Crippen LogP contribution < -0.4 is 5.73 Å². The van der Waals surface area contributed by atoms with Gasteiger partial charge in [-0.15, -0.1) is 0 Å². The fraction of sp³-hybridized carbons (Fsp3) is 0.429. The Bertz CT molecular complexity index is 584. The molecule has 1 aromatic carbocycles. The van der Waals surface area contributed by atoms with Gasteiger partial charge in [0.15, 0.2) is 0 Å². The third kappa shape index (κ3) is 2.65. The van der Waals surface area contributed by atoms with Crippen LogP contribution in [0.15, 0.2) is 22.7 Å². The van der Waals surface area contributed by atoms with E-state index in [4.69, 9.17) is 15.0 Å². The molecule has 0 fully saturated rings. The summed E-state index contributed by atoms with van der Waals surface area (Å²) in [4.78, 5) is 4.22. The number of ether oxygens (including phenoxy) is 1. The zero-order valence-electron chi connectivity index (χ0n) is 12.0. The maximum Gasteiger partial charge on any atom is 0.263 e. The van der Waals surface area contributed by atoms with Crippen molar-refractivity contribution in [2.75, 3.05) is 12.8 Å². The van der Waals surface area contributed by atoms with Crippen molar-refractivity contribution in [3.63, 3.8) is 0 Å². The van der Waals surface area contributed by atoms with Crippen molar-refractivity contribution in [1.29, 1.82) is 0 Å². The van der Waals surface area contributed by atoms with E-state index in [9.17, 15) is 4.39 Å². The summed E-state index contributed by atoms with van der Waals surface area (Å²) in [6.07, 6.45) is -0.354. The summed E-state index contributed by atoms with van der Waals surface area (Å²) >= 11 is 0. The fourth-order valence-electron chi connectivity index (χ4n) is 2.06. The van der Waals surface area contributed by atoms with Gasteiger partial charge >= 0.3 is 0 Å². The summed E-state index contributed by atoms with van der Waals surface area (Å²) in [6, 6.07) is 4.41. The second-order valence-electron chi connectivity index (χ2n) is 5.64. The molecule has 2 aromatic rings. The van der Waals surface area contributed by atoms with E-state index in [2.05, 4.69) is 10.1 Å². The number of aromatic nitrogens is 2. The summed E-state index contributed by atoms with van der Waals surface area (Å²) < 4.78 is 24.4. The Morgan fingerprint density at radius 2 is 2.05 bits per heavy atom. The number of hydrogen-bond acceptors (Lipinski definition) is 5. The van der Waals surface area contributed by atoms with Gasteiger partial charge in [-0.3, -0.25) is 0 Å². The van der Waals surface area contributed by atoms with Gasteiger partial charge in [-0.2, -0.15) is 4.98 Å². The van der Waals surface area contributed by atoms with E-state index in [0.717, 1.165) is 0 Å². The highest BCUT2D eigenvalue weighted by atomic mass is 19.1. The van der Waals surface area contributed by atoms with Crippen LogP contribution in [0.3, 0.4) is 0 Å². The van der Waals surface area contributed by atoms with Crippen LogP contribution >= 0.6 is 0 Å². The summed E-state index contributed by atoms with van der Waals surface area (Å²) in [6.45, 7) is 5.98. The van der Waals surface area contributed by atoms with Crippen molar-refractivity contribution >= 4 is 5.69 Å². The maximum atomic E-state index is 13.8. The number of anilines is 1. The molecule has 0 amide bonds. The standard InChI is InChI=1S/C14H18FN3O2/c1-14(2,3)11(19-4)12-17-13(20-18-12)10-8(15)6-5-7-9(10)16/h5-7,11H,16H2,1-4H3. The smallest absolute Gasteiger partial charge is 0.263 e. The molecular formula is C14H18FN3O2. The van der Waals surface area contributed by atoms with Gasteiger partial charge in [0.25, 0.3) is 5.89 Å². The van der Waals surface area contributed by atoms with E-state index in [1.165, 1.54) is 12.1 Å². The highest BCUT2D eigenvalue weighted by Crippen LogP contribution is 2.35. The minimum absolute atomic E-state index is 0.0573. The highest BCUT2D eigenvalue weighted by Gasteiger charge is 2.31. The first-order valence-electron chi connectivity index (χ1n) is 6.25. The van der Waals surface area contributed by atoms with Crippen molar-refractivity contribution in [1.82, 2.24) is 10.1 Å². The average Bonchev–Trinajstić information content (AvgIpc) is 2.77. The molecule has 0 radical (unpaired) electrons. The third-order valence-electron chi connectivity index (χ3n) is 2.96. The second-order valence-corrected chi connectivity index (χ2v) is 5.64. The Morgan fingerprint density at radius 1 is 1.35 bits per heavy atom. The van der Waals surface area contributed by atoms with Crippen LogP contribution in [-0.4, -0.2) is 17.3 Å². The van der Waals surface area contributed by atoms with Gasteiger partial charge < -0.3 is 15.0 Å². The highest BCUT2D eigenvalue weighted by molar-refractivity contribution is 5.70. The molecule has 2 N–H and O–H groups in total. The van der Waals surface area contributed by atoms with Gasteiger partial charge in [0.1, 0.15) is 11.9 Å². The van der Waals surface area contributed by atoms with E-state index in [-0.39, 0.29) is 28.7 Å². The molecule has 1 heterocycles. The monoisotopic (exact) mass is 279 g/mol. The van der Waals surface area contributed by atoms with Gasteiger partial charge in [0, 0.05) is 12.8 Å². The van der Waals surface area contributed by atoms with Crippen molar-refractivity contribution in [2.45, 2.75) is 26.9 Å². The summed E-state index contributed by atoms with van der Waals surface area (Å²) in [5.74, 6) is -0.0653. The minimum atomic E-state index is -0.495. The topological polar surface area (TPSA) is 74.2 Å². The predicted molar refractivity (Wildman–Crippen MR) is 73.3 cm³/mol. The van der Waals surface area contributed by atoms with E-state index in [1.807, 2.05) is 20.8 Å². The van der Waals surface area contributed by atoms with Crippen LogP contribution in [0.25, 0.3) is 11.5 Å². The number of nitrogens with zero attached hydrogens (tertiary/aromatic N) is 2. The van der Waals surface area contributed by atoms with E-state index >= 15 is 0 Å². The first kappa shape index (κ1) is 14.5.